The fourth-order valence-electron chi connectivity index (χ4n) is 3.00. The maximum atomic E-state index is 12.9. The van der Waals surface area contributed by atoms with Gasteiger partial charge >= 0.3 is 5.97 Å². The van der Waals surface area contributed by atoms with Crippen LogP contribution in [0.3, 0.4) is 0 Å². The second-order valence-corrected chi connectivity index (χ2v) is 6.91. The average molecular weight is 364 g/mol. The number of rotatable bonds is 3. The summed E-state index contributed by atoms with van der Waals surface area (Å²) in [5.74, 6) is -2.35. The minimum absolute atomic E-state index is 0.280. The number of nitrogens with one attached hydrogen (secondary N) is 2. The van der Waals surface area contributed by atoms with Crippen LogP contribution in [0.15, 0.2) is 4.79 Å². The number of nitrogens with zero attached hydrogens (tertiary/aromatic N) is 2. The zero-order valence-corrected chi connectivity index (χ0v) is 14.4. The molecular formula is C15H16N4O5S. The first kappa shape index (κ1) is 17.1. The van der Waals surface area contributed by atoms with E-state index in [2.05, 4.69) is 15.8 Å². The van der Waals surface area contributed by atoms with Gasteiger partial charge in [0.05, 0.1) is 11.3 Å². The lowest BCUT2D eigenvalue weighted by molar-refractivity contribution is -0.138. The molecule has 2 aromatic heterocycles. The smallest absolute Gasteiger partial charge is 0.311 e. The van der Waals surface area contributed by atoms with Gasteiger partial charge in [0.1, 0.15) is 17.2 Å². The molecule has 25 heavy (non-hydrogen) atoms. The predicted octanol–water partition coefficient (Wildman–Crippen LogP) is 0.0481. The second-order valence-electron chi connectivity index (χ2n) is 5.83. The van der Waals surface area contributed by atoms with Crippen molar-refractivity contribution >= 4 is 39.3 Å². The van der Waals surface area contributed by atoms with Crippen molar-refractivity contribution in [3.05, 3.63) is 26.6 Å². The van der Waals surface area contributed by atoms with E-state index in [1.54, 1.807) is 6.92 Å². The number of thiophene rings is 1. The van der Waals surface area contributed by atoms with E-state index >= 15 is 0 Å². The summed E-state index contributed by atoms with van der Waals surface area (Å²) in [5.41, 5.74) is 4.43. The molecule has 2 heterocycles. The first-order valence-electron chi connectivity index (χ1n) is 7.60. The number of aryl methyl sites for hydroxylation is 2. The fraction of sp³-hybridized carbons (Fsp3) is 0.400. The minimum Gasteiger partial charge on any atom is -0.481 e. The maximum Gasteiger partial charge on any atom is 0.311 e. The van der Waals surface area contributed by atoms with E-state index in [0.717, 1.165) is 4.88 Å². The SMILES string of the molecule is CC(=O)NNC(=O)Cn1c(C)nc2sc3c(c2c1=O)C(C(=O)O)CC3. The number of carboxylic acid groups (broad SMARTS) is 1. The molecule has 1 aliphatic carbocycles. The van der Waals surface area contributed by atoms with Gasteiger partial charge in [-0.15, -0.1) is 11.3 Å². The standard InChI is InChI=1S/C15H16N4O5S/c1-6-16-13-12(11-8(15(23)24)3-4-9(11)25-13)14(22)19(6)5-10(21)18-17-7(2)20/h8H,3-5H2,1-2H3,(H,17,20)(H,18,21)(H,23,24). The van der Waals surface area contributed by atoms with Gasteiger partial charge in [-0.25, -0.2) is 4.98 Å². The van der Waals surface area contributed by atoms with Gasteiger partial charge < -0.3 is 5.11 Å². The summed E-state index contributed by atoms with van der Waals surface area (Å²) in [4.78, 5) is 52.8. The van der Waals surface area contributed by atoms with Gasteiger partial charge in [-0.3, -0.25) is 34.6 Å². The number of aliphatic carboxylic acids is 1. The quantitative estimate of drug-likeness (QED) is 0.660. The van der Waals surface area contributed by atoms with E-state index in [1.165, 1.54) is 22.8 Å². The Labute approximate surface area is 145 Å². The van der Waals surface area contributed by atoms with E-state index < -0.39 is 29.3 Å². The molecule has 9 nitrogen and oxygen atoms in total. The number of hydrogen-bond acceptors (Lipinski definition) is 6. The largest absolute Gasteiger partial charge is 0.481 e. The predicted molar refractivity (Wildman–Crippen MR) is 89.3 cm³/mol. The Kier molecular flexibility index (Phi) is 4.29. The number of carbonyl (C=O) groups excluding carboxylic acids is 2. The van der Waals surface area contributed by atoms with E-state index in [0.29, 0.717) is 29.1 Å². The first-order chi connectivity index (χ1) is 11.8. The van der Waals surface area contributed by atoms with Crippen molar-refractivity contribution < 1.29 is 19.5 Å². The molecule has 1 atom stereocenters. The molecule has 0 aromatic carbocycles. The van der Waals surface area contributed by atoms with Crippen LogP contribution in [-0.2, 0) is 27.3 Å². The van der Waals surface area contributed by atoms with Gasteiger partial charge in [-0.05, 0) is 25.3 Å². The van der Waals surface area contributed by atoms with Crippen LogP contribution in [0.1, 0.15) is 35.5 Å². The Hall–Kier alpha value is -2.75. The van der Waals surface area contributed by atoms with Crippen molar-refractivity contribution in [3.8, 4) is 0 Å². The third-order valence-corrected chi connectivity index (χ3v) is 5.26. The Balaban J connectivity index is 2.05. The highest BCUT2D eigenvalue weighted by Gasteiger charge is 2.34. The first-order valence-corrected chi connectivity index (χ1v) is 8.42. The number of hydrazine groups is 1. The van der Waals surface area contributed by atoms with Crippen LogP contribution >= 0.6 is 11.3 Å². The van der Waals surface area contributed by atoms with Gasteiger partial charge in [0.25, 0.3) is 11.5 Å². The molecule has 0 spiro atoms. The third kappa shape index (κ3) is 3.00. The topological polar surface area (TPSA) is 130 Å². The highest BCUT2D eigenvalue weighted by molar-refractivity contribution is 7.18. The molecule has 2 amide bonds. The van der Waals surface area contributed by atoms with Crippen LogP contribution in [0.25, 0.3) is 10.2 Å². The summed E-state index contributed by atoms with van der Waals surface area (Å²) in [6.07, 6.45) is 1.07. The molecule has 3 rings (SSSR count). The summed E-state index contributed by atoms with van der Waals surface area (Å²) in [6.45, 7) is 2.52. The average Bonchev–Trinajstić information content (AvgIpc) is 3.07. The van der Waals surface area contributed by atoms with Crippen LogP contribution < -0.4 is 16.4 Å². The zero-order valence-electron chi connectivity index (χ0n) is 13.6. The number of amides is 2. The molecule has 0 radical (unpaired) electrons. The summed E-state index contributed by atoms with van der Waals surface area (Å²) >= 11 is 1.33. The Bertz CT molecular complexity index is 961. The Morgan fingerprint density at radius 3 is 2.72 bits per heavy atom. The third-order valence-electron chi connectivity index (χ3n) is 4.10. The number of aromatic nitrogens is 2. The summed E-state index contributed by atoms with van der Waals surface area (Å²) in [5, 5.41) is 9.67. The van der Waals surface area contributed by atoms with Gasteiger partial charge in [0, 0.05) is 11.8 Å². The molecule has 0 saturated heterocycles. The molecule has 0 bridgehead atoms. The summed E-state index contributed by atoms with van der Waals surface area (Å²) in [6, 6.07) is 0. The molecule has 1 unspecified atom stereocenters. The van der Waals surface area contributed by atoms with Crippen molar-refractivity contribution in [3.63, 3.8) is 0 Å². The molecule has 132 valence electrons. The van der Waals surface area contributed by atoms with Crippen molar-refractivity contribution in [1.29, 1.82) is 0 Å². The summed E-state index contributed by atoms with van der Waals surface area (Å²) < 4.78 is 1.18. The highest BCUT2D eigenvalue weighted by atomic mass is 32.1. The lowest BCUT2D eigenvalue weighted by Crippen LogP contribution is -2.43. The number of fused-ring (bicyclic) bond motifs is 3. The lowest BCUT2D eigenvalue weighted by Gasteiger charge is -2.11. The highest BCUT2D eigenvalue weighted by Crippen LogP contribution is 2.42. The molecule has 2 aromatic rings. The van der Waals surface area contributed by atoms with Gasteiger partial charge in [-0.1, -0.05) is 0 Å². The number of carboxylic acids is 1. The second kappa shape index (κ2) is 6.28. The lowest BCUT2D eigenvalue weighted by atomic mass is 10.0. The van der Waals surface area contributed by atoms with Crippen molar-refractivity contribution in [2.24, 2.45) is 0 Å². The van der Waals surface area contributed by atoms with E-state index in [4.69, 9.17) is 0 Å². The minimum atomic E-state index is -0.964. The zero-order chi connectivity index (χ0) is 18.3. The molecule has 1 aliphatic rings. The maximum absolute atomic E-state index is 12.9. The number of hydrogen-bond donors (Lipinski definition) is 3. The van der Waals surface area contributed by atoms with E-state index in [1.807, 2.05) is 0 Å². The monoisotopic (exact) mass is 364 g/mol. The van der Waals surface area contributed by atoms with E-state index in [-0.39, 0.29) is 11.9 Å². The normalized spacial score (nSPS) is 15.8. The van der Waals surface area contributed by atoms with Gasteiger partial charge in [0.2, 0.25) is 5.91 Å². The Morgan fingerprint density at radius 2 is 2.08 bits per heavy atom. The van der Waals surface area contributed by atoms with Crippen molar-refractivity contribution in [2.75, 3.05) is 0 Å². The van der Waals surface area contributed by atoms with Crippen LogP contribution in [0.2, 0.25) is 0 Å². The van der Waals surface area contributed by atoms with Gasteiger partial charge in [-0.2, -0.15) is 0 Å². The van der Waals surface area contributed by atoms with Crippen LogP contribution in [-0.4, -0.2) is 32.4 Å². The van der Waals surface area contributed by atoms with Crippen molar-refractivity contribution in [1.82, 2.24) is 20.4 Å². The Morgan fingerprint density at radius 1 is 1.36 bits per heavy atom. The van der Waals surface area contributed by atoms with E-state index in [9.17, 15) is 24.3 Å². The summed E-state index contributed by atoms with van der Waals surface area (Å²) in [7, 11) is 0. The number of carbonyl (C=O) groups is 3. The van der Waals surface area contributed by atoms with Crippen molar-refractivity contribution in [2.45, 2.75) is 39.2 Å². The molecular weight excluding hydrogens is 348 g/mol. The molecule has 10 heteroatoms. The van der Waals surface area contributed by atoms with Crippen LogP contribution in [0, 0.1) is 6.92 Å². The molecule has 0 saturated carbocycles. The molecule has 3 N–H and O–H groups in total. The van der Waals surface area contributed by atoms with Crippen LogP contribution in [0.4, 0.5) is 0 Å². The van der Waals surface area contributed by atoms with Gasteiger partial charge in [0.15, 0.2) is 0 Å². The van der Waals surface area contributed by atoms with Crippen LogP contribution in [0.5, 0.6) is 0 Å². The molecule has 0 aliphatic heterocycles. The molecule has 0 fully saturated rings. The fourth-order valence-corrected chi connectivity index (χ4v) is 4.28.